The van der Waals surface area contributed by atoms with E-state index in [0.717, 1.165) is 19.4 Å². The molecule has 1 aromatic rings. The van der Waals surface area contributed by atoms with Crippen LogP contribution in [0.3, 0.4) is 0 Å². The first kappa shape index (κ1) is 10.8. The topological polar surface area (TPSA) is 41.1 Å². The molecule has 2 atom stereocenters. The van der Waals surface area contributed by atoms with Crippen LogP contribution >= 0.6 is 0 Å². The Labute approximate surface area is 102 Å². The van der Waals surface area contributed by atoms with Crippen molar-refractivity contribution in [1.82, 2.24) is 10.6 Å². The molecule has 0 saturated carbocycles. The van der Waals surface area contributed by atoms with Crippen molar-refractivity contribution < 1.29 is 4.79 Å². The molecule has 1 aromatic carbocycles. The van der Waals surface area contributed by atoms with Gasteiger partial charge in [0.25, 0.3) is 0 Å². The van der Waals surface area contributed by atoms with E-state index in [2.05, 4.69) is 34.9 Å². The Morgan fingerprint density at radius 1 is 1.12 bits per heavy atom. The van der Waals surface area contributed by atoms with Gasteiger partial charge in [-0.1, -0.05) is 24.3 Å². The second-order valence-electron chi connectivity index (χ2n) is 5.08. The standard InChI is InChI=1S/C14H18N2O/c17-14-8-13(9-15-14)16-12-6-5-10-3-1-2-4-11(10)7-12/h1-4,12-13,16H,5-9H2,(H,15,17). The smallest absolute Gasteiger partial charge is 0.221 e. The highest BCUT2D eigenvalue weighted by molar-refractivity contribution is 5.78. The lowest BCUT2D eigenvalue weighted by Crippen LogP contribution is -2.42. The third kappa shape index (κ3) is 2.34. The first-order valence-electron chi connectivity index (χ1n) is 6.41. The number of rotatable bonds is 2. The molecule has 90 valence electrons. The maximum absolute atomic E-state index is 11.1. The van der Waals surface area contributed by atoms with Gasteiger partial charge in [-0.25, -0.2) is 0 Å². The van der Waals surface area contributed by atoms with E-state index in [0.29, 0.717) is 18.5 Å². The highest BCUT2D eigenvalue weighted by Gasteiger charge is 2.25. The van der Waals surface area contributed by atoms with Crippen molar-refractivity contribution >= 4 is 5.91 Å². The maximum atomic E-state index is 11.1. The fraction of sp³-hybridized carbons (Fsp3) is 0.500. The molecular formula is C14H18N2O. The fourth-order valence-electron chi connectivity index (χ4n) is 2.90. The Morgan fingerprint density at radius 2 is 1.94 bits per heavy atom. The molecule has 2 unspecified atom stereocenters. The van der Waals surface area contributed by atoms with Gasteiger partial charge in [0.1, 0.15) is 0 Å². The molecule has 3 nitrogen and oxygen atoms in total. The van der Waals surface area contributed by atoms with E-state index in [1.807, 2.05) is 0 Å². The van der Waals surface area contributed by atoms with E-state index in [-0.39, 0.29) is 5.91 Å². The van der Waals surface area contributed by atoms with Gasteiger partial charge >= 0.3 is 0 Å². The number of fused-ring (bicyclic) bond motifs is 1. The van der Waals surface area contributed by atoms with Crippen LogP contribution in [0, 0.1) is 0 Å². The molecule has 1 aliphatic heterocycles. The van der Waals surface area contributed by atoms with Crippen LogP contribution in [0.1, 0.15) is 24.0 Å². The lowest BCUT2D eigenvalue weighted by atomic mass is 9.88. The van der Waals surface area contributed by atoms with Crippen molar-refractivity contribution in [3.05, 3.63) is 35.4 Å². The molecule has 0 bridgehead atoms. The normalized spacial score (nSPS) is 27.6. The van der Waals surface area contributed by atoms with E-state index in [4.69, 9.17) is 0 Å². The first-order chi connectivity index (χ1) is 8.31. The van der Waals surface area contributed by atoms with Crippen molar-refractivity contribution in [2.24, 2.45) is 0 Å². The van der Waals surface area contributed by atoms with Gasteiger partial charge in [0.15, 0.2) is 0 Å². The zero-order valence-electron chi connectivity index (χ0n) is 9.91. The van der Waals surface area contributed by atoms with Crippen molar-refractivity contribution in [2.75, 3.05) is 6.54 Å². The first-order valence-corrected chi connectivity index (χ1v) is 6.41. The van der Waals surface area contributed by atoms with Gasteiger partial charge < -0.3 is 10.6 Å². The second kappa shape index (κ2) is 4.49. The van der Waals surface area contributed by atoms with E-state index in [1.54, 1.807) is 0 Å². The van der Waals surface area contributed by atoms with Crippen molar-refractivity contribution in [3.8, 4) is 0 Å². The number of aryl methyl sites for hydroxylation is 1. The number of nitrogens with one attached hydrogen (secondary N) is 2. The summed E-state index contributed by atoms with van der Waals surface area (Å²) in [6.07, 6.45) is 4.07. The molecule has 1 saturated heterocycles. The van der Waals surface area contributed by atoms with Gasteiger partial charge in [0.2, 0.25) is 5.91 Å². The SMILES string of the molecule is O=C1CC(NC2CCc3ccccc3C2)CN1. The second-order valence-corrected chi connectivity index (χ2v) is 5.08. The van der Waals surface area contributed by atoms with Crippen LogP contribution in [0.5, 0.6) is 0 Å². The zero-order valence-corrected chi connectivity index (χ0v) is 9.91. The van der Waals surface area contributed by atoms with E-state index in [1.165, 1.54) is 17.5 Å². The number of carbonyl (C=O) groups excluding carboxylic acids is 1. The van der Waals surface area contributed by atoms with Crippen molar-refractivity contribution in [3.63, 3.8) is 0 Å². The monoisotopic (exact) mass is 230 g/mol. The Balaban J connectivity index is 1.62. The Morgan fingerprint density at radius 3 is 2.71 bits per heavy atom. The van der Waals surface area contributed by atoms with E-state index in [9.17, 15) is 4.79 Å². The van der Waals surface area contributed by atoms with Crippen LogP contribution in [0.4, 0.5) is 0 Å². The third-order valence-corrected chi connectivity index (χ3v) is 3.80. The summed E-state index contributed by atoms with van der Waals surface area (Å²) in [5.41, 5.74) is 2.96. The zero-order chi connectivity index (χ0) is 11.7. The van der Waals surface area contributed by atoms with Crippen LogP contribution in [0.15, 0.2) is 24.3 Å². The molecule has 17 heavy (non-hydrogen) atoms. The average Bonchev–Trinajstić information content (AvgIpc) is 2.75. The van der Waals surface area contributed by atoms with Gasteiger partial charge in [-0.2, -0.15) is 0 Å². The lowest BCUT2D eigenvalue weighted by Gasteiger charge is -2.27. The molecule has 3 heteroatoms. The number of amides is 1. The van der Waals surface area contributed by atoms with Gasteiger partial charge in [-0.05, 0) is 30.4 Å². The predicted octanol–water partition coefficient (Wildman–Crippen LogP) is 1.02. The van der Waals surface area contributed by atoms with Crippen LogP contribution in [-0.2, 0) is 17.6 Å². The number of benzene rings is 1. The summed E-state index contributed by atoms with van der Waals surface area (Å²) < 4.78 is 0. The molecule has 0 spiro atoms. The van der Waals surface area contributed by atoms with Gasteiger partial charge in [0.05, 0.1) is 0 Å². The summed E-state index contributed by atoms with van der Waals surface area (Å²) in [6.45, 7) is 0.789. The molecule has 2 aliphatic rings. The Kier molecular flexibility index (Phi) is 2.85. The molecular weight excluding hydrogens is 212 g/mol. The Hall–Kier alpha value is -1.35. The largest absolute Gasteiger partial charge is 0.354 e. The van der Waals surface area contributed by atoms with Crippen molar-refractivity contribution in [2.45, 2.75) is 37.8 Å². The van der Waals surface area contributed by atoms with Crippen LogP contribution < -0.4 is 10.6 Å². The lowest BCUT2D eigenvalue weighted by molar-refractivity contribution is -0.119. The fourth-order valence-corrected chi connectivity index (χ4v) is 2.90. The highest BCUT2D eigenvalue weighted by Crippen LogP contribution is 2.21. The van der Waals surface area contributed by atoms with Gasteiger partial charge in [-0.15, -0.1) is 0 Å². The summed E-state index contributed by atoms with van der Waals surface area (Å²) >= 11 is 0. The van der Waals surface area contributed by atoms with Crippen LogP contribution in [0.25, 0.3) is 0 Å². The number of carbonyl (C=O) groups is 1. The third-order valence-electron chi connectivity index (χ3n) is 3.80. The van der Waals surface area contributed by atoms with Crippen LogP contribution in [-0.4, -0.2) is 24.5 Å². The summed E-state index contributed by atoms with van der Waals surface area (Å²) in [5.74, 6) is 0.179. The summed E-state index contributed by atoms with van der Waals surface area (Å²) in [6, 6.07) is 9.54. The molecule has 1 heterocycles. The molecule has 0 aromatic heterocycles. The maximum Gasteiger partial charge on any atom is 0.221 e. The number of hydrogen-bond donors (Lipinski definition) is 2. The Bertz CT molecular complexity index is 430. The summed E-state index contributed by atoms with van der Waals surface area (Å²) in [5, 5.41) is 6.48. The average molecular weight is 230 g/mol. The minimum atomic E-state index is 0.179. The van der Waals surface area contributed by atoms with Crippen LogP contribution in [0.2, 0.25) is 0 Å². The van der Waals surface area contributed by atoms with Gasteiger partial charge in [-0.3, -0.25) is 4.79 Å². The predicted molar refractivity (Wildman–Crippen MR) is 66.8 cm³/mol. The molecule has 1 aliphatic carbocycles. The highest BCUT2D eigenvalue weighted by atomic mass is 16.1. The summed E-state index contributed by atoms with van der Waals surface area (Å²) in [7, 11) is 0. The van der Waals surface area contributed by atoms with E-state index < -0.39 is 0 Å². The quantitative estimate of drug-likeness (QED) is 0.796. The molecule has 1 fully saturated rings. The van der Waals surface area contributed by atoms with Gasteiger partial charge in [0, 0.05) is 25.0 Å². The molecule has 0 radical (unpaired) electrons. The summed E-state index contributed by atoms with van der Waals surface area (Å²) in [4.78, 5) is 11.1. The molecule has 2 N–H and O–H groups in total. The van der Waals surface area contributed by atoms with E-state index >= 15 is 0 Å². The molecule has 1 amide bonds. The number of hydrogen-bond acceptors (Lipinski definition) is 2. The molecule has 3 rings (SSSR count). The minimum Gasteiger partial charge on any atom is -0.354 e. The van der Waals surface area contributed by atoms with Crippen molar-refractivity contribution in [1.29, 1.82) is 0 Å². The minimum absolute atomic E-state index is 0.179.